The number of ether oxygens (including phenoxy) is 1. The van der Waals surface area contributed by atoms with Crippen molar-refractivity contribution in [2.24, 2.45) is 0 Å². The van der Waals surface area contributed by atoms with Gasteiger partial charge in [0.05, 0.1) is 12.0 Å². The number of nitrogens with one attached hydrogen (secondary N) is 1. The van der Waals surface area contributed by atoms with E-state index in [9.17, 15) is 13.2 Å². The normalized spacial score (nSPS) is 11.4. The van der Waals surface area contributed by atoms with Crippen LogP contribution in [-0.2, 0) is 14.6 Å². The molecule has 1 amide bonds. The van der Waals surface area contributed by atoms with Crippen molar-refractivity contribution in [3.05, 3.63) is 60.2 Å². The smallest absolute Gasteiger partial charge is 0.248 e. The molecule has 120 valence electrons. The predicted molar refractivity (Wildman–Crippen MR) is 90.2 cm³/mol. The molecule has 2 rings (SSSR count). The van der Waals surface area contributed by atoms with Crippen molar-refractivity contribution in [1.29, 1.82) is 0 Å². The number of methoxy groups -OCH3 is 1. The summed E-state index contributed by atoms with van der Waals surface area (Å²) < 4.78 is 28.1. The van der Waals surface area contributed by atoms with Gasteiger partial charge in [-0.1, -0.05) is 18.2 Å². The van der Waals surface area contributed by atoms with E-state index in [0.29, 0.717) is 11.4 Å². The van der Waals surface area contributed by atoms with Crippen LogP contribution in [0.5, 0.6) is 5.75 Å². The van der Waals surface area contributed by atoms with Gasteiger partial charge in [-0.25, -0.2) is 8.42 Å². The molecule has 5 nitrogen and oxygen atoms in total. The number of rotatable bonds is 5. The zero-order valence-corrected chi connectivity index (χ0v) is 13.6. The molecule has 0 saturated heterocycles. The van der Waals surface area contributed by atoms with Gasteiger partial charge in [0, 0.05) is 18.0 Å². The lowest BCUT2D eigenvalue weighted by molar-refractivity contribution is -0.111. The maximum absolute atomic E-state index is 11.9. The quantitative estimate of drug-likeness (QED) is 0.855. The van der Waals surface area contributed by atoms with Crippen molar-refractivity contribution < 1.29 is 17.9 Å². The number of hydrogen-bond donors (Lipinski definition) is 1. The molecule has 0 spiro atoms. The van der Waals surface area contributed by atoms with E-state index < -0.39 is 9.84 Å². The summed E-state index contributed by atoms with van der Waals surface area (Å²) in [5, 5.41) is 2.63. The first kappa shape index (κ1) is 16.8. The Morgan fingerprint density at radius 1 is 1.13 bits per heavy atom. The monoisotopic (exact) mass is 331 g/mol. The first-order chi connectivity index (χ1) is 10.9. The first-order valence-corrected chi connectivity index (χ1v) is 8.71. The van der Waals surface area contributed by atoms with Gasteiger partial charge in [-0.3, -0.25) is 4.79 Å². The van der Waals surface area contributed by atoms with Crippen LogP contribution in [0.25, 0.3) is 6.08 Å². The van der Waals surface area contributed by atoms with E-state index in [2.05, 4.69) is 5.32 Å². The second-order valence-electron chi connectivity index (χ2n) is 4.90. The van der Waals surface area contributed by atoms with Gasteiger partial charge < -0.3 is 10.1 Å². The van der Waals surface area contributed by atoms with E-state index >= 15 is 0 Å². The highest BCUT2D eigenvalue weighted by molar-refractivity contribution is 7.90. The SMILES string of the molecule is COc1cccc(/C=C/C(=O)Nc2cccc(S(C)(=O)=O)c2)c1. The van der Waals surface area contributed by atoms with Gasteiger partial charge in [0.25, 0.3) is 0 Å². The van der Waals surface area contributed by atoms with Gasteiger partial charge in [-0.15, -0.1) is 0 Å². The highest BCUT2D eigenvalue weighted by Crippen LogP contribution is 2.16. The Labute approximate surface area is 135 Å². The maximum atomic E-state index is 11.9. The third-order valence-corrected chi connectivity index (χ3v) is 4.16. The summed E-state index contributed by atoms with van der Waals surface area (Å²) in [4.78, 5) is 12.1. The Balaban J connectivity index is 2.09. The van der Waals surface area contributed by atoms with Crippen LogP contribution in [-0.4, -0.2) is 27.7 Å². The molecule has 1 N–H and O–H groups in total. The van der Waals surface area contributed by atoms with E-state index in [1.54, 1.807) is 31.4 Å². The molecular formula is C17H17NO4S. The number of carbonyl (C=O) groups excluding carboxylic acids is 1. The minimum absolute atomic E-state index is 0.159. The third-order valence-electron chi connectivity index (χ3n) is 3.05. The van der Waals surface area contributed by atoms with Crippen LogP contribution in [0, 0.1) is 0 Å². The number of sulfone groups is 1. The minimum atomic E-state index is -3.31. The average molecular weight is 331 g/mol. The molecule has 2 aromatic rings. The van der Waals surface area contributed by atoms with Crippen LogP contribution in [0.2, 0.25) is 0 Å². The van der Waals surface area contributed by atoms with Gasteiger partial charge in [0.1, 0.15) is 5.75 Å². The summed E-state index contributed by atoms with van der Waals surface area (Å²) in [6.07, 6.45) is 4.15. The standard InChI is InChI=1S/C17H17NO4S/c1-22-15-7-3-5-13(11-15)9-10-17(19)18-14-6-4-8-16(12-14)23(2,20)21/h3-12H,1-2H3,(H,18,19)/b10-9+. The summed E-state index contributed by atoms with van der Waals surface area (Å²) in [7, 11) is -1.73. The van der Waals surface area contributed by atoms with E-state index in [-0.39, 0.29) is 10.8 Å². The van der Waals surface area contributed by atoms with Crippen LogP contribution in [0.1, 0.15) is 5.56 Å². The summed E-state index contributed by atoms with van der Waals surface area (Å²) in [6, 6.07) is 13.4. The first-order valence-electron chi connectivity index (χ1n) is 6.82. The van der Waals surface area contributed by atoms with E-state index in [1.165, 1.54) is 18.2 Å². The lowest BCUT2D eigenvalue weighted by Crippen LogP contribution is -2.08. The fourth-order valence-electron chi connectivity index (χ4n) is 1.91. The lowest BCUT2D eigenvalue weighted by atomic mass is 10.2. The van der Waals surface area contributed by atoms with Gasteiger partial charge in [-0.05, 0) is 42.0 Å². The molecular weight excluding hydrogens is 314 g/mol. The molecule has 23 heavy (non-hydrogen) atoms. The molecule has 0 bridgehead atoms. The Morgan fingerprint density at radius 2 is 1.87 bits per heavy atom. The predicted octanol–water partition coefficient (Wildman–Crippen LogP) is 2.75. The molecule has 0 aliphatic heterocycles. The minimum Gasteiger partial charge on any atom is -0.497 e. The summed E-state index contributed by atoms with van der Waals surface area (Å²) >= 11 is 0. The Bertz CT molecular complexity index is 841. The van der Waals surface area contributed by atoms with Crippen molar-refractivity contribution in [3.8, 4) is 5.75 Å². The Kier molecular flexibility index (Phi) is 5.18. The van der Waals surface area contributed by atoms with Crippen molar-refractivity contribution in [3.63, 3.8) is 0 Å². The van der Waals surface area contributed by atoms with E-state index in [1.807, 2.05) is 18.2 Å². The van der Waals surface area contributed by atoms with Crippen LogP contribution in [0.3, 0.4) is 0 Å². The summed E-state index contributed by atoms with van der Waals surface area (Å²) in [5.41, 5.74) is 1.25. The van der Waals surface area contributed by atoms with Crippen LogP contribution in [0.15, 0.2) is 59.5 Å². The maximum Gasteiger partial charge on any atom is 0.248 e. The van der Waals surface area contributed by atoms with Crippen molar-refractivity contribution >= 4 is 27.5 Å². The van der Waals surface area contributed by atoms with Gasteiger partial charge in [-0.2, -0.15) is 0 Å². The van der Waals surface area contributed by atoms with E-state index in [4.69, 9.17) is 4.74 Å². The second-order valence-corrected chi connectivity index (χ2v) is 6.91. The van der Waals surface area contributed by atoms with Crippen LogP contribution < -0.4 is 10.1 Å². The molecule has 0 saturated carbocycles. The molecule has 2 aromatic carbocycles. The third kappa shape index (κ3) is 4.96. The van der Waals surface area contributed by atoms with Gasteiger partial charge in [0.2, 0.25) is 5.91 Å². The largest absolute Gasteiger partial charge is 0.497 e. The molecule has 0 aromatic heterocycles. The fraction of sp³-hybridized carbons (Fsp3) is 0.118. The Morgan fingerprint density at radius 3 is 2.57 bits per heavy atom. The molecule has 0 heterocycles. The summed E-state index contributed by atoms with van der Waals surface area (Å²) in [6.45, 7) is 0. The second kappa shape index (κ2) is 7.11. The van der Waals surface area contributed by atoms with E-state index in [0.717, 1.165) is 11.8 Å². The number of hydrogen-bond acceptors (Lipinski definition) is 4. The van der Waals surface area contributed by atoms with Gasteiger partial charge in [0.15, 0.2) is 9.84 Å². The highest BCUT2D eigenvalue weighted by atomic mass is 32.2. The molecule has 0 radical (unpaired) electrons. The number of amides is 1. The molecule has 0 unspecified atom stereocenters. The topological polar surface area (TPSA) is 72.5 Å². The number of benzene rings is 2. The van der Waals surface area contributed by atoms with Crippen LogP contribution >= 0.6 is 0 Å². The molecule has 0 aliphatic carbocycles. The molecule has 0 fully saturated rings. The molecule has 6 heteroatoms. The molecule has 0 aliphatic rings. The van der Waals surface area contributed by atoms with Crippen LogP contribution in [0.4, 0.5) is 5.69 Å². The van der Waals surface area contributed by atoms with Crippen molar-refractivity contribution in [2.45, 2.75) is 4.90 Å². The lowest BCUT2D eigenvalue weighted by Gasteiger charge is -2.04. The zero-order chi connectivity index (χ0) is 16.9. The highest BCUT2D eigenvalue weighted by Gasteiger charge is 2.08. The fourth-order valence-corrected chi connectivity index (χ4v) is 2.57. The van der Waals surface area contributed by atoms with Crippen molar-refractivity contribution in [2.75, 3.05) is 18.7 Å². The van der Waals surface area contributed by atoms with Crippen molar-refractivity contribution in [1.82, 2.24) is 0 Å². The number of carbonyl (C=O) groups is 1. The average Bonchev–Trinajstić information content (AvgIpc) is 2.52. The number of anilines is 1. The summed E-state index contributed by atoms with van der Waals surface area (Å²) in [5.74, 6) is 0.354. The Hall–Kier alpha value is -2.60. The molecule has 0 atom stereocenters. The zero-order valence-electron chi connectivity index (χ0n) is 12.8. The van der Waals surface area contributed by atoms with Gasteiger partial charge >= 0.3 is 0 Å².